The van der Waals surface area contributed by atoms with Crippen LogP contribution in [0.15, 0.2) is 4.99 Å². The van der Waals surface area contributed by atoms with Gasteiger partial charge >= 0.3 is 6.30 Å². The summed E-state index contributed by atoms with van der Waals surface area (Å²) in [7, 11) is 0. The second-order valence-electron chi connectivity index (χ2n) is 3.95. The molecule has 1 aliphatic carbocycles. The van der Waals surface area contributed by atoms with E-state index in [1.807, 2.05) is 0 Å². The molecule has 0 saturated heterocycles. The summed E-state index contributed by atoms with van der Waals surface area (Å²) < 4.78 is 36.4. The molecule has 5 nitrogen and oxygen atoms in total. The third kappa shape index (κ3) is 7.21. The van der Waals surface area contributed by atoms with Gasteiger partial charge < -0.3 is 11.1 Å². The van der Waals surface area contributed by atoms with Crippen molar-refractivity contribution in [1.29, 1.82) is 5.41 Å². The predicted molar refractivity (Wildman–Crippen MR) is 65.8 cm³/mol. The summed E-state index contributed by atoms with van der Waals surface area (Å²) in [6.45, 7) is 0. The SMILES string of the molecule is Cl.N=C(N)NC(=NC(F)(F)F)NC1CCCCC1. The van der Waals surface area contributed by atoms with Crippen LogP contribution in [0.4, 0.5) is 13.2 Å². The van der Waals surface area contributed by atoms with Gasteiger partial charge in [0.05, 0.1) is 0 Å². The van der Waals surface area contributed by atoms with E-state index in [1.54, 1.807) is 0 Å². The van der Waals surface area contributed by atoms with Gasteiger partial charge in [-0.15, -0.1) is 30.6 Å². The Kier molecular flexibility index (Phi) is 6.82. The number of hydrogen-bond donors (Lipinski definition) is 4. The third-order valence-corrected chi connectivity index (χ3v) is 2.44. The second kappa shape index (κ2) is 7.30. The Morgan fingerprint density at radius 2 is 1.78 bits per heavy atom. The average Bonchev–Trinajstić information content (AvgIpc) is 2.15. The molecule has 5 N–H and O–H groups in total. The summed E-state index contributed by atoms with van der Waals surface area (Å²) in [5.74, 6) is -1.08. The maximum absolute atomic E-state index is 12.1. The van der Waals surface area contributed by atoms with Crippen LogP contribution in [0.3, 0.4) is 0 Å². The van der Waals surface area contributed by atoms with Gasteiger partial charge in [-0.25, -0.2) is 0 Å². The molecule has 0 bridgehead atoms. The Bertz CT molecular complexity index is 299. The molecule has 1 aliphatic rings. The molecule has 106 valence electrons. The fraction of sp³-hybridized carbons (Fsp3) is 0.778. The minimum atomic E-state index is -4.68. The number of nitrogens with two attached hydrogens (primary N) is 1. The zero-order valence-corrected chi connectivity index (χ0v) is 10.5. The summed E-state index contributed by atoms with van der Waals surface area (Å²) in [4.78, 5) is 2.52. The van der Waals surface area contributed by atoms with Crippen molar-refractivity contribution in [3.8, 4) is 0 Å². The molecular formula is C9H17ClF3N5. The van der Waals surface area contributed by atoms with Crippen LogP contribution in [0.25, 0.3) is 0 Å². The number of nitrogens with one attached hydrogen (secondary N) is 3. The Labute approximate surface area is 109 Å². The normalized spacial score (nSPS) is 17.8. The van der Waals surface area contributed by atoms with E-state index in [0.717, 1.165) is 32.1 Å². The minimum Gasteiger partial charge on any atom is -0.370 e. The monoisotopic (exact) mass is 287 g/mol. The van der Waals surface area contributed by atoms with Crippen molar-refractivity contribution in [2.75, 3.05) is 0 Å². The van der Waals surface area contributed by atoms with Crippen LogP contribution in [-0.4, -0.2) is 24.3 Å². The molecule has 0 aromatic heterocycles. The van der Waals surface area contributed by atoms with Crippen LogP contribution in [0.2, 0.25) is 0 Å². The predicted octanol–water partition coefficient (Wildman–Crippen LogP) is 1.69. The first-order chi connectivity index (χ1) is 7.87. The molecule has 1 rings (SSSR count). The first kappa shape index (κ1) is 16.8. The number of alkyl halides is 3. The van der Waals surface area contributed by atoms with Crippen LogP contribution in [0.1, 0.15) is 32.1 Å². The average molecular weight is 288 g/mol. The van der Waals surface area contributed by atoms with Crippen molar-refractivity contribution in [3.05, 3.63) is 0 Å². The molecular weight excluding hydrogens is 271 g/mol. The lowest BCUT2D eigenvalue weighted by Gasteiger charge is -2.24. The molecule has 0 atom stereocenters. The maximum Gasteiger partial charge on any atom is 0.506 e. The number of rotatable bonds is 1. The molecule has 0 radical (unpaired) electrons. The number of aliphatic imine (C=N–C) groups is 1. The standard InChI is InChI=1S/C9H16F3N5.ClH/c10-9(11,12)17-8(16-7(13)14)15-6-4-2-1-3-5-6;/h6H,1-5H2,(H5,13,14,15,16,17);1H. The number of nitrogens with zero attached hydrogens (tertiary/aromatic N) is 1. The van der Waals surface area contributed by atoms with Crippen molar-refractivity contribution in [3.63, 3.8) is 0 Å². The van der Waals surface area contributed by atoms with Crippen molar-refractivity contribution in [1.82, 2.24) is 10.6 Å². The highest BCUT2D eigenvalue weighted by atomic mass is 35.5. The fourth-order valence-corrected chi connectivity index (χ4v) is 1.79. The highest BCUT2D eigenvalue weighted by molar-refractivity contribution is 5.96. The summed E-state index contributed by atoms with van der Waals surface area (Å²) in [6, 6.07) is -0.0447. The van der Waals surface area contributed by atoms with Gasteiger partial charge in [-0.2, -0.15) is 0 Å². The van der Waals surface area contributed by atoms with E-state index in [9.17, 15) is 13.2 Å². The topological polar surface area (TPSA) is 86.3 Å². The van der Waals surface area contributed by atoms with E-state index in [-0.39, 0.29) is 18.4 Å². The number of hydrogen-bond acceptors (Lipinski definition) is 2. The molecule has 0 unspecified atom stereocenters. The molecule has 1 saturated carbocycles. The third-order valence-electron chi connectivity index (χ3n) is 2.44. The maximum atomic E-state index is 12.1. The molecule has 1 fully saturated rings. The fourth-order valence-electron chi connectivity index (χ4n) is 1.79. The quantitative estimate of drug-likeness (QED) is 0.336. The van der Waals surface area contributed by atoms with Crippen LogP contribution < -0.4 is 16.4 Å². The highest BCUT2D eigenvalue weighted by Crippen LogP contribution is 2.19. The zero-order chi connectivity index (χ0) is 12.9. The van der Waals surface area contributed by atoms with Gasteiger partial charge in [0, 0.05) is 6.04 Å². The molecule has 18 heavy (non-hydrogen) atoms. The summed E-state index contributed by atoms with van der Waals surface area (Å²) >= 11 is 0. The lowest BCUT2D eigenvalue weighted by molar-refractivity contribution is -0.119. The van der Waals surface area contributed by atoms with Gasteiger partial charge in [-0.05, 0) is 12.8 Å². The van der Waals surface area contributed by atoms with Crippen molar-refractivity contribution in [2.24, 2.45) is 10.7 Å². The largest absolute Gasteiger partial charge is 0.506 e. The van der Waals surface area contributed by atoms with Crippen LogP contribution in [-0.2, 0) is 0 Å². The van der Waals surface area contributed by atoms with E-state index in [0.29, 0.717) is 0 Å². The lowest BCUT2D eigenvalue weighted by Crippen LogP contribution is -2.49. The van der Waals surface area contributed by atoms with Crippen molar-refractivity contribution in [2.45, 2.75) is 44.4 Å². The Morgan fingerprint density at radius 3 is 2.22 bits per heavy atom. The molecule has 0 heterocycles. The second-order valence-corrected chi connectivity index (χ2v) is 3.95. The van der Waals surface area contributed by atoms with Crippen molar-refractivity contribution < 1.29 is 13.2 Å². The van der Waals surface area contributed by atoms with E-state index in [4.69, 9.17) is 11.1 Å². The number of guanidine groups is 2. The molecule has 0 aromatic rings. The van der Waals surface area contributed by atoms with Gasteiger partial charge in [0.25, 0.3) is 0 Å². The van der Waals surface area contributed by atoms with Gasteiger partial charge in [0.2, 0.25) is 5.96 Å². The zero-order valence-electron chi connectivity index (χ0n) is 9.68. The van der Waals surface area contributed by atoms with E-state index in [1.165, 1.54) is 0 Å². The Hall–Kier alpha value is -1.18. The molecule has 0 spiro atoms. The van der Waals surface area contributed by atoms with E-state index < -0.39 is 18.2 Å². The number of halogens is 4. The molecule has 0 amide bonds. The van der Waals surface area contributed by atoms with Gasteiger partial charge in [0.15, 0.2) is 5.96 Å². The van der Waals surface area contributed by atoms with Crippen LogP contribution >= 0.6 is 12.4 Å². The first-order valence-electron chi connectivity index (χ1n) is 5.41. The van der Waals surface area contributed by atoms with E-state index in [2.05, 4.69) is 15.6 Å². The smallest absolute Gasteiger partial charge is 0.370 e. The first-order valence-corrected chi connectivity index (χ1v) is 5.41. The van der Waals surface area contributed by atoms with Crippen molar-refractivity contribution >= 4 is 24.3 Å². The highest BCUT2D eigenvalue weighted by Gasteiger charge is 2.28. The lowest BCUT2D eigenvalue weighted by atomic mass is 9.96. The summed E-state index contributed by atoms with van der Waals surface area (Å²) in [5.41, 5.74) is 5.00. The van der Waals surface area contributed by atoms with Gasteiger partial charge in [0.1, 0.15) is 0 Å². The van der Waals surface area contributed by atoms with Gasteiger partial charge in [-0.1, -0.05) is 19.3 Å². The van der Waals surface area contributed by atoms with Gasteiger partial charge in [-0.3, -0.25) is 10.7 Å². The Morgan fingerprint density at radius 1 is 1.22 bits per heavy atom. The Balaban J connectivity index is 0.00000289. The molecule has 0 aromatic carbocycles. The summed E-state index contributed by atoms with van der Waals surface area (Å²) in [6.07, 6.45) is -0.00941. The summed E-state index contributed by atoms with van der Waals surface area (Å²) in [5, 5.41) is 11.6. The van der Waals surface area contributed by atoms with Crippen LogP contribution in [0.5, 0.6) is 0 Å². The van der Waals surface area contributed by atoms with Crippen LogP contribution in [0, 0.1) is 5.41 Å². The minimum absolute atomic E-state index is 0. The molecule has 0 aliphatic heterocycles. The van der Waals surface area contributed by atoms with E-state index >= 15 is 0 Å². The molecule has 9 heteroatoms.